The van der Waals surface area contributed by atoms with Crippen LogP contribution in [0.5, 0.6) is 0 Å². The van der Waals surface area contributed by atoms with E-state index in [2.05, 4.69) is 6.92 Å². The molecule has 0 heterocycles. The van der Waals surface area contributed by atoms with Crippen molar-refractivity contribution in [3.63, 3.8) is 0 Å². The van der Waals surface area contributed by atoms with Gasteiger partial charge in [-0.3, -0.25) is 4.79 Å². The Balaban J connectivity index is 2.96. The lowest BCUT2D eigenvalue weighted by Crippen LogP contribution is -1.84. The second-order valence-corrected chi connectivity index (χ2v) is 8.67. The number of unbranched alkanes of at least 4 members (excludes halogenated alkanes) is 23. The molecule has 0 aromatic carbocycles. The van der Waals surface area contributed by atoms with E-state index < -0.39 is 0 Å². The van der Waals surface area contributed by atoms with Crippen LogP contribution in [0, 0.1) is 0 Å². The Kier molecular flexibility index (Phi) is 25.4. The Hall–Kier alpha value is -0.330. The van der Waals surface area contributed by atoms with E-state index in [0.29, 0.717) is 6.42 Å². The van der Waals surface area contributed by atoms with E-state index in [0.717, 1.165) is 6.42 Å². The van der Waals surface area contributed by atoms with Gasteiger partial charge in [-0.15, -0.1) is 0 Å². The smallest absolute Gasteiger partial charge is 0.198 e. The van der Waals surface area contributed by atoms with Crippen LogP contribution in [0.1, 0.15) is 161 Å². The van der Waals surface area contributed by atoms with Gasteiger partial charge in [0, 0.05) is 6.42 Å². The molecule has 0 saturated carbocycles. The van der Waals surface area contributed by atoms with E-state index in [9.17, 15) is 4.79 Å². The quantitative estimate of drug-likeness (QED) is 0.153. The van der Waals surface area contributed by atoms with Crippen LogP contribution in [-0.4, -0.2) is 6.29 Å². The molecule has 0 amide bonds. The summed E-state index contributed by atoms with van der Waals surface area (Å²) in [5, 5.41) is 0. The average molecular weight is 380 g/mol. The molecule has 1 heteroatoms. The zero-order valence-electron chi connectivity index (χ0n) is 18.9. The largest absolute Gasteiger partial charge is 0.291 e. The summed E-state index contributed by atoms with van der Waals surface area (Å²) in [5.41, 5.74) is 0. The molecule has 0 N–H and O–H groups in total. The Morgan fingerprint density at radius 2 is 0.593 bits per heavy atom. The van der Waals surface area contributed by atoms with Crippen molar-refractivity contribution in [2.24, 2.45) is 0 Å². The van der Waals surface area contributed by atoms with Crippen LogP contribution >= 0.6 is 0 Å². The van der Waals surface area contributed by atoms with E-state index >= 15 is 0 Å². The summed E-state index contributed by atoms with van der Waals surface area (Å²) >= 11 is 0. The summed E-state index contributed by atoms with van der Waals surface area (Å²) in [5.74, 6) is 0. The molecular formula is C26H51O. The van der Waals surface area contributed by atoms with Gasteiger partial charge in [0.05, 0.1) is 0 Å². The van der Waals surface area contributed by atoms with Crippen molar-refractivity contribution in [2.45, 2.75) is 161 Å². The predicted molar refractivity (Wildman–Crippen MR) is 122 cm³/mol. The summed E-state index contributed by atoms with van der Waals surface area (Å²) < 4.78 is 0. The van der Waals surface area contributed by atoms with Crippen LogP contribution in [0.4, 0.5) is 0 Å². The van der Waals surface area contributed by atoms with Gasteiger partial charge < -0.3 is 0 Å². The molecule has 0 aliphatic heterocycles. The number of carbonyl (C=O) groups excluding carboxylic acids is 1. The van der Waals surface area contributed by atoms with Crippen molar-refractivity contribution in [3.8, 4) is 0 Å². The first-order valence-electron chi connectivity index (χ1n) is 12.8. The molecule has 0 fully saturated rings. The maximum atomic E-state index is 10.1. The van der Waals surface area contributed by atoms with Crippen molar-refractivity contribution < 1.29 is 4.79 Å². The lowest BCUT2D eigenvalue weighted by molar-refractivity contribution is 0.517. The van der Waals surface area contributed by atoms with Gasteiger partial charge in [-0.1, -0.05) is 148 Å². The molecule has 0 aromatic rings. The lowest BCUT2D eigenvalue weighted by atomic mass is 10.0. The highest BCUT2D eigenvalue weighted by molar-refractivity contribution is 5.50. The van der Waals surface area contributed by atoms with Gasteiger partial charge in [0.25, 0.3) is 0 Å². The molecule has 0 aliphatic carbocycles. The van der Waals surface area contributed by atoms with Crippen molar-refractivity contribution in [3.05, 3.63) is 0 Å². The van der Waals surface area contributed by atoms with Gasteiger partial charge >= 0.3 is 0 Å². The van der Waals surface area contributed by atoms with Crippen LogP contribution in [-0.2, 0) is 4.79 Å². The van der Waals surface area contributed by atoms with Gasteiger partial charge in [0.2, 0.25) is 0 Å². The number of hydrogen-bond donors (Lipinski definition) is 0. The monoisotopic (exact) mass is 379 g/mol. The Morgan fingerprint density at radius 1 is 0.370 bits per heavy atom. The molecular weight excluding hydrogens is 328 g/mol. The van der Waals surface area contributed by atoms with Gasteiger partial charge in [0.15, 0.2) is 6.29 Å². The van der Waals surface area contributed by atoms with Crippen LogP contribution in [0.25, 0.3) is 0 Å². The highest BCUT2D eigenvalue weighted by atomic mass is 16.1. The SMILES string of the molecule is CCCCCCCCCCCCCCCCCCCCCCCCC[C]=O. The molecule has 0 bridgehead atoms. The second kappa shape index (κ2) is 25.7. The molecule has 0 atom stereocenters. The van der Waals surface area contributed by atoms with Gasteiger partial charge in [0.1, 0.15) is 0 Å². The van der Waals surface area contributed by atoms with E-state index in [1.165, 1.54) is 141 Å². The molecule has 1 radical (unpaired) electrons. The highest BCUT2D eigenvalue weighted by Gasteiger charge is 1.96. The molecule has 0 spiro atoms. The third-order valence-corrected chi connectivity index (χ3v) is 5.88. The number of rotatable bonds is 24. The van der Waals surface area contributed by atoms with E-state index in [-0.39, 0.29) is 0 Å². The molecule has 0 rings (SSSR count). The first kappa shape index (κ1) is 26.7. The Labute approximate surface area is 172 Å². The third kappa shape index (κ3) is 25.7. The van der Waals surface area contributed by atoms with E-state index in [4.69, 9.17) is 0 Å². The van der Waals surface area contributed by atoms with Crippen LogP contribution in [0.3, 0.4) is 0 Å². The first-order valence-corrected chi connectivity index (χ1v) is 12.8. The maximum Gasteiger partial charge on any atom is 0.198 e. The van der Waals surface area contributed by atoms with Crippen molar-refractivity contribution in [2.75, 3.05) is 0 Å². The van der Waals surface area contributed by atoms with Gasteiger partial charge in [-0.25, -0.2) is 0 Å². The van der Waals surface area contributed by atoms with Crippen LogP contribution < -0.4 is 0 Å². The standard InChI is InChI=1S/C26H51O/c1-2-3-4-5-6-7-8-9-10-11-12-13-14-15-16-17-18-19-20-21-22-23-24-25-26-27/h2-25H2,1H3. The molecule has 161 valence electrons. The average Bonchev–Trinajstić information content (AvgIpc) is 2.68. The Bertz CT molecular complexity index is 261. The second-order valence-electron chi connectivity index (χ2n) is 8.67. The summed E-state index contributed by atoms with van der Waals surface area (Å²) in [6.07, 6.45) is 35.1. The van der Waals surface area contributed by atoms with Crippen molar-refractivity contribution in [1.82, 2.24) is 0 Å². The highest BCUT2D eigenvalue weighted by Crippen LogP contribution is 2.15. The zero-order valence-corrected chi connectivity index (χ0v) is 18.9. The van der Waals surface area contributed by atoms with Gasteiger partial charge in [-0.05, 0) is 6.42 Å². The Morgan fingerprint density at radius 3 is 0.815 bits per heavy atom. The van der Waals surface area contributed by atoms with E-state index in [1.54, 1.807) is 0 Å². The minimum absolute atomic E-state index is 0.638. The fraction of sp³-hybridized carbons (Fsp3) is 0.962. The minimum Gasteiger partial charge on any atom is -0.291 e. The summed E-state index contributed by atoms with van der Waals surface area (Å²) in [4.78, 5) is 10.1. The van der Waals surface area contributed by atoms with Crippen molar-refractivity contribution in [1.29, 1.82) is 0 Å². The lowest BCUT2D eigenvalue weighted by Gasteiger charge is -2.04. The summed E-state index contributed by atoms with van der Waals surface area (Å²) in [6.45, 7) is 2.30. The van der Waals surface area contributed by atoms with Crippen LogP contribution in [0.15, 0.2) is 0 Å². The minimum atomic E-state index is 0.638. The van der Waals surface area contributed by atoms with Crippen molar-refractivity contribution >= 4 is 6.29 Å². The number of hydrogen-bond acceptors (Lipinski definition) is 1. The normalized spacial score (nSPS) is 11.1. The molecule has 0 aromatic heterocycles. The maximum absolute atomic E-state index is 10.1. The van der Waals surface area contributed by atoms with Gasteiger partial charge in [-0.2, -0.15) is 0 Å². The fourth-order valence-electron chi connectivity index (χ4n) is 3.98. The predicted octanol–water partition coefficient (Wildman–Crippen LogP) is 9.48. The van der Waals surface area contributed by atoms with E-state index in [1.807, 2.05) is 6.29 Å². The fourth-order valence-corrected chi connectivity index (χ4v) is 3.98. The summed E-state index contributed by atoms with van der Waals surface area (Å²) in [7, 11) is 0. The summed E-state index contributed by atoms with van der Waals surface area (Å²) in [6, 6.07) is 0. The molecule has 1 nitrogen and oxygen atoms in total. The topological polar surface area (TPSA) is 17.1 Å². The zero-order chi connectivity index (χ0) is 19.7. The van der Waals surface area contributed by atoms with Crippen LogP contribution in [0.2, 0.25) is 0 Å². The molecule has 27 heavy (non-hydrogen) atoms. The molecule has 0 aliphatic rings. The third-order valence-electron chi connectivity index (χ3n) is 5.88. The molecule has 0 unspecified atom stereocenters. The first-order chi connectivity index (χ1) is 13.4. The molecule has 0 saturated heterocycles.